The third-order valence-electron chi connectivity index (χ3n) is 3.86. The lowest BCUT2D eigenvalue weighted by Crippen LogP contribution is -2.14. The van der Waals surface area contributed by atoms with E-state index in [1.54, 1.807) is 0 Å². The Bertz CT molecular complexity index is 1120. The molecular weight excluding hydrogens is 438 g/mol. The lowest BCUT2D eigenvalue weighted by Gasteiger charge is -2.13. The highest BCUT2D eigenvalue weighted by molar-refractivity contribution is 6.42. The van der Waals surface area contributed by atoms with Gasteiger partial charge in [-0.2, -0.15) is 0 Å². The van der Waals surface area contributed by atoms with Crippen LogP contribution in [-0.2, 0) is 0 Å². The Morgan fingerprint density at radius 1 is 1.07 bits per heavy atom. The number of ether oxygens (including phenoxy) is 2. The van der Waals surface area contributed by atoms with Crippen molar-refractivity contribution in [2.24, 2.45) is 0 Å². The molecule has 2 aromatic carbocycles. The van der Waals surface area contributed by atoms with Gasteiger partial charge < -0.3 is 19.9 Å². The monoisotopic (exact) mass is 450 g/mol. The Labute approximate surface area is 180 Å². The van der Waals surface area contributed by atoms with Gasteiger partial charge in [0.2, 0.25) is 0 Å². The van der Waals surface area contributed by atoms with Crippen molar-refractivity contribution in [2.45, 2.75) is 0 Å². The molecule has 0 fully saturated rings. The molecule has 3 rings (SSSR count). The summed E-state index contributed by atoms with van der Waals surface area (Å²) in [5, 5.41) is 11.7. The Morgan fingerprint density at radius 3 is 2.40 bits per heavy atom. The Hall–Kier alpha value is -3.36. The van der Waals surface area contributed by atoms with Crippen LogP contribution >= 0.6 is 23.2 Å². The number of benzene rings is 2. The molecule has 0 aliphatic carbocycles. The number of carbonyl (C=O) groups excluding carboxylic acids is 1. The van der Waals surface area contributed by atoms with Crippen molar-refractivity contribution >= 4 is 40.8 Å². The normalized spacial score (nSPS) is 10.4. The average Bonchev–Trinajstić information content (AvgIpc) is 2.71. The van der Waals surface area contributed by atoms with E-state index in [9.17, 15) is 14.0 Å². The maximum atomic E-state index is 14.0. The van der Waals surface area contributed by atoms with E-state index in [-0.39, 0.29) is 44.2 Å². The van der Waals surface area contributed by atoms with Crippen LogP contribution in [0.4, 0.5) is 10.1 Å². The molecule has 0 spiro atoms. The second kappa shape index (κ2) is 8.98. The summed E-state index contributed by atoms with van der Waals surface area (Å²) < 4.78 is 24.5. The fourth-order valence-corrected chi connectivity index (χ4v) is 2.74. The zero-order chi connectivity index (χ0) is 21.8. The topological polar surface area (TPSA) is 97.8 Å². The van der Waals surface area contributed by atoms with Crippen molar-refractivity contribution in [3.8, 4) is 17.2 Å². The van der Waals surface area contributed by atoms with Crippen LogP contribution in [0.5, 0.6) is 17.2 Å². The number of carbonyl (C=O) groups is 2. The summed E-state index contributed by atoms with van der Waals surface area (Å²) in [6.45, 7) is 0. The predicted octanol–water partition coefficient (Wildman–Crippen LogP) is 5.28. The van der Waals surface area contributed by atoms with Crippen LogP contribution < -0.4 is 14.8 Å². The molecule has 1 aromatic heterocycles. The van der Waals surface area contributed by atoms with Crippen LogP contribution in [0.1, 0.15) is 20.8 Å². The minimum absolute atomic E-state index is 0.0166. The number of hydrogen-bond acceptors (Lipinski definition) is 5. The van der Waals surface area contributed by atoms with E-state index in [4.69, 9.17) is 37.8 Å². The standard InChI is InChI=1S/C20H13Cl2FN2O5/c1-29-17-5-3-11(6-15(17)23)30-18-8-14(22)13(21)7-12(18)19(26)25-10-2-4-16(20(27)28)24-9-10/h2-9H,1H3,(H,25,26)(H,27,28). The predicted molar refractivity (Wildman–Crippen MR) is 109 cm³/mol. The lowest BCUT2D eigenvalue weighted by atomic mass is 10.1. The first-order chi connectivity index (χ1) is 14.3. The molecule has 154 valence electrons. The first-order valence-electron chi connectivity index (χ1n) is 8.29. The highest BCUT2D eigenvalue weighted by Gasteiger charge is 2.18. The zero-order valence-corrected chi connectivity index (χ0v) is 16.8. The summed E-state index contributed by atoms with van der Waals surface area (Å²) in [5.74, 6) is -2.30. The number of pyridine rings is 1. The maximum absolute atomic E-state index is 14.0. The number of halogens is 3. The number of carboxylic acid groups (broad SMARTS) is 1. The fourth-order valence-electron chi connectivity index (χ4n) is 2.42. The molecule has 1 heterocycles. The van der Waals surface area contributed by atoms with Crippen molar-refractivity contribution in [2.75, 3.05) is 12.4 Å². The minimum atomic E-state index is -1.19. The van der Waals surface area contributed by atoms with E-state index in [0.29, 0.717) is 0 Å². The number of carboxylic acids is 1. The molecule has 0 unspecified atom stereocenters. The van der Waals surface area contributed by atoms with E-state index in [0.717, 1.165) is 6.07 Å². The molecule has 0 bridgehead atoms. The van der Waals surface area contributed by atoms with Crippen LogP contribution in [0.3, 0.4) is 0 Å². The highest BCUT2D eigenvalue weighted by atomic mass is 35.5. The first kappa shape index (κ1) is 21.4. The fraction of sp³-hybridized carbons (Fsp3) is 0.0500. The quantitative estimate of drug-likeness (QED) is 0.530. The van der Waals surface area contributed by atoms with E-state index in [1.165, 1.54) is 49.7 Å². The minimum Gasteiger partial charge on any atom is -0.494 e. The second-order valence-electron chi connectivity index (χ2n) is 5.85. The van der Waals surface area contributed by atoms with Crippen LogP contribution in [0.15, 0.2) is 48.7 Å². The van der Waals surface area contributed by atoms with Crippen LogP contribution in [0.2, 0.25) is 10.0 Å². The molecule has 30 heavy (non-hydrogen) atoms. The number of aromatic carboxylic acids is 1. The molecule has 0 aliphatic heterocycles. The number of nitrogens with one attached hydrogen (secondary N) is 1. The third kappa shape index (κ3) is 4.79. The van der Waals surface area contributed by atoms with Crippen molar-refractivity contribution < 1.29 is 28.6 Å². The molecule has 3 aromatic rings. The number of aromatic nitrogens is 1. The molecule has 0 saturated heterocycles. The SMILES string of the molecule is COc1ccc(Oc2cc(Cl)c(Cl)cc2C(=O)Nc2ccc(C(=O)O)nc2)cc1F. The number of amides is 1. The van der Waals surface area contributed by atoms with Crippen LogP contribution in [0, 0.1) is 5.82 Å². The van der Waals surface area contributed by atoms with Crippen molar-refractivity contribution in [3.63, 3.8) is 0 Å². The maximum Gasteiger partial charge on any atom is 0.354 e. The Balaban J connectivity index is 1.90. The third-order valence-corrected chi connectivity index (χ3v) is 4.58. The molecule has 1 amide bonds. The molecule has 2 N–H and O–H groups in total. The van der Waals surface area contributed by atoms with Crippen molar-refractivity contribution in [1.29, 1.82) is 0 Å². The van der Waals surface area contributed by atoms with E-state index >= 15 is 0 Å². The summed E-state index contributed by atoms with van der Waals surface area (Å²) in [6.07, 6.45) is 1.19. The van der Waals surface area contributed by atoms with Gasteiger partial charge in [0.15, 0.2) is 11.6 Å². The van der Waals surface area contributed by atoms with Gasteiger partial charge in [0, 0.05) is 12.1 Å². The number of rotatable bonds is 6. The Kier molecular flexibility index (Phi) is 6.39. The average molecular weight is 451 g/mol. The van der Waals surface area contributed by atoms with E-state index < -0.39 is 17.7 Å². The molecule has 10 heteroatoms. The highest BCUT2D eigenvalue weighted by Crippen LogP contribution is 2.35. The van der Waals surface area contributed by atoms with Crippen LogP contribution in [-0.4, -0.2) is 29.1 Å². The smallest absolute Gasteiger partial charge is 0.354 e. The van der Waals surface area contributed by atoms with Gasteiger partial charge in [0.1, 0.15) is 17.2 Å². The largest absolute Gasteiger partial charge is 0.494 e. The Morgan fingerprint density at radius 2 is 1.80 bits per heavy atom. The molecular formula is C20H13Cl2FN2O5. The summed E-state index contributed by atoms with van der Waals surface area (Å²) in [5.41, 5.74) is 0.0912. The molecule has 0 radical (unpaired) electrons. The summed E-state index contributed by atoms with van der Waals surface area (Å²) in [7, 11) is 1.33. The summed E-state index contributed by atoms with van der Waals surface area (Å²) in [6, 6.07) is 9.17. The van der Waals surface area contributed by atoms with Gasteiger partial charge in [-0.3, -0.25) is 4.79 Å². The van der Waals surface area contributed by atoms with Gasteiger partial charge in [-0.25, -0.2) is 14.2 Å². The number of methoxy groups -OCH3 is 1. The second-order valence-corrected chi connectivity index (χ2v) is 6.67. The van der Waals surface area contributed by atoms with Crippen molar-refractivity contribution in [3.05, 3.63) is 75.8 Å². The molecule has 0 atom stereocenters. The lowest BCUT2D eigenvalue weighted by molar-refractivity contribution is 0.0690. The van der Waals surface area contributed by atoms with Crippen LogP contribution in [0.25, 0.3) is 0 Å². The molecule has 0 saturated carbocycles. The van der Waals surface area contributed by atoms with Gasteiger partial charge in [0.05, 0.1) is 34.6 Å². The van der Waals surface area contributed by atoms with Gasteiger partial charge in [-0.1, -0.05) is 23.2 Å². The number of hydrogen-bond donors (Lipinski definition) is 2. The summed E-state index contributed by atoms with van der Waals surface area (Å²) in [4.78, 5) is 27.4. The first-order valence-corrected chi connectivity index (χ1v) is 9.05. The number of nitrogens with zero attached hydrogens (tertiary/aromatic N) is 1. The molecule has 7 nitrogen and oxygen atoms in total. The number of anilines is 1. The van der Waals surface area contributed by atoms with Gasteiger partial charge in [0.25, 0.3) is 5.91 Å². The van der Waals surface area contributed by atoms with E-state index in [1.807, 2.05) is 0 Å². The van der Waals surface area contributed by atoms with Gasteiger partial charge >= 0.3 is 5.97 Å². The zero-order valence-electron chi connectivity index (χ0n) is 15.3. The molecule has 0 aliphatic rings. The van der Waals surface area contributed by atoms with Gasteiger partial charge in [-0.15, -0.1) is 0 Å². The van der Waals surface area contributed by atoms with Gasteiger partial charge in [-0.05, 0) is 30.3 Å². The van der Waals surface area contributed by atoms with E-state index in [2.05, 4.69) is 10.3 Å². The van der Waals surface area contributed by atoms with Crippen molar-refractivity contribution in [1.82, 2.24) is 4.98 Å². The summed E-state index contributed by atoms with van der Waals surface area (Å²) >= 11 is 12.1.